The van der Waals surface area contributed by atoms with Crippen LogP contribution in [-0.2, 0) is 6.42 Å². The number of fused-ring (bicyclic) bond motifs is 1. The van der Waals surface area contributed by atoms with E-state index in [1.165, 1.54) is 0 Å². The second kappa shape index (κ2) is 7.94. The van der Waals surface area contributed by atoms with Crippen LogP contribution in [0.3, 0.4) is 0 Å². The fourth-order valence-corrected chi connectivity index (χ4v) is 3.83. The molecule has 0 saturated heterocycles. The van der Waals surface area contributed by atoms with Gasteiger partial charge in [0, 0.05) is 13.0 Å². The van der Waals surface area contributed by atoms with Crippen LogP contribution in [0.15, 0.2) is 47.9 Å². The van der Waals surface area contributed by atoms with Gasteiger partial charge in [-0.2, -0.15) is 10.1 Å². The summed E-state index contributed by atoms with van der Waals surface area (Å²) in [5.41, 5.74) is 2.16. The van der Waals surface area contributed by atoms with E-state index in [0.717, 1.165) is 33.7 Å². The van der Waals surface area contributed by atoms with Gasteiger partial charge in [0.1, 0.15) is 11.8 Å². The first kappa shape index (κ1) is 17.8. The van der Waals surface area contributed by atoms with Crippen LogP contribution in [0.5, 0.6) is 5.75 Å². The Morgan fingerprint density at radius 3 is 2.81 bits per heavy atom. The number of thiophene rings is 1. The van der Waals surface area contributed by atoms with Crippen molar-refractivity contribution in [1.29, 1.82) is 0 Å². The Morgan fingerprint density at radius 1 is 1.26 bits per heavy atom. The Bertz CT molecular complexity index is 916. The highest BCUT2D eigenvalue weighted by molar-refractivity contribution is 7.11. The first-order chi connectivity index (χ1) is 13.3. The monoisotopic (exact) mass is 382 g/mol. The first-order valence-electron chi connectivity index (χ1n) is 9.10. The lowest BCUT2D eigenvalue weighted by Crippen LogP contribution is -2.20. The molecular formula is C20H22N4O2S. The molecule has 0 aliphatic carbocycles. The maximum Gasteiger partial charge on any atom is 0.226 e. The number of anilines is 1. The van der Waals surface area contributed by atoms with E-state index in [1.54, 1.807) is 11.3 Å². The van der Waals surface area contributed by atoms with Gasteiger partial charge in [0.05, 0.1) is 17.2 Å². The third-order valence-electron chi connectivity index (χ3n) is 4.39. The average Bonchev–Trinajstić information content (AvgIpc) is 3.36. The number of aliphatic hydroxyl groups excluding tert-OH is 1. The molecule has 0 radical (unpaired) electrons. The van der Waals surface area contributed by atoms with Gasteiger partial charge in [0.25, 0.3) is 0 Å². The van der Waals surface area contributed by atoms with Crippen LogP contribution < -0.4 is 10.1 Å². The van der Waals surface area contributed by atoms with Crippen LogP contribution in [-0.4, -0.2) is 33.1 Å². The van der Waals surface area contributed by atoms with E-state index in [-0.39, 0.29) is 12.6 Å². The van der Waals surface area contributed by atoms with Crippen LogP contribution >= 0.6 is 11.3 Å². The number of aromatic nitrogens is 3. The van der Waals surface area contributed by atoms with E-state index in [9.17, 15) is 0 Å². The number of hydrogen-bond donors (Lipinski definition) is 2. The maximum atomic E-state index is 9.10. The zero-order valence-corrected chi connectivity index (χ0v) is 15.9. The van der Waals surface area contributed by atoms with Crippen LogP contribution in [0.1, 0.15) is 35.7 Å². The molecule has 1 atom stereocenters. The summed E-state index contributed by atoms with van der Waals surface area (Å²) in [7, 11) is 0. The summed E-state index contributed by atoms with van der Waals surface area (Å²) in [6, 6.07) is 12.2. The largest absolute Gasteiger partial charge is 0.494 e. The van der Waals surface area contributed by atoms with Gasteiger partial charge >= 0.3 is 0 Å². The fraction of sp³-hybridized carbons (Fsp3) is 0.300. The molecule has 1 aromatic carbocycles. The fourth-order valence-electron chi connectivity index (χ4n) is 3.12. The highest BCUT2D eigenvalue weighted by Gasteiger charge is 2.25. The number of nitrogens with zero attached hydrogens (tertiary/aromatic N) is 3. The molecule has 1 aliphatic rings. The second-order valence-corrected chi connectivity index (χ2v) is 7.20. The van der Waals surface area contributed by atoms with E-state index < -0.39 is 0 Å². The van der Waals surface area contributed by atoms with Crippen molar-refractivity contribution in [2.75, 3.05) is 18.5 Å². The molecule has 0 amide bonds. The zero-order chi connectivity index (χ0) is 18.6. The second-order valence-electron chi connectivity index (χ2n) is 6.25. The number of ether oxygens (including phenoxy) is 1. The lowest BCUT2D eigenvalue weighted by Gasteiger charge is -2.24. The van der Waals surface area contributed by atoms with E-state index in [2.05, 4.69) is 45.1 Å². The van der Waals surface area contributed by atoms with Crippen LogP contribution in [0, 0.1) is 0 Å². The van der Waals surface area contributed by atoms with Crippen molar-refractivity contribution in [3.63, 3.8) is 0 Å². The molecule has 2 aromatic heterocycles. The lowest BCUT2D eigenvalue weighted by molar-refractivity contribution is 0.287. The van der Waals surface area contributed by atoms with Gasteiger partial charge < -0.3 is 15.2 Å². The summed E-state index contributed by atoms with van der Waals surface area (Å²) >= 11 is 1.69. The van der Waals surface area contributed by atoms with Gasteiger partial charge in [-0.05, 0) is 48.6 Å². The van der Waals surface area contributed by atoms with Gasteiger partial charge in [-0.25, -0.2) is 4.68 Å². The number of aryl methyl sites for hydroxylation is 1. The minimum atomic E-state index is -0.0515. The molecule has 2 N–H and O–H groups in total. The van der Waals surface area contributed by atoms with Gasteiger partial charge in [-0.3, -0.25) is 0 Å². The minimum Gasteiger partial charge on any atom is -0.494 e. The molecule has 0 bridgehead atoms. The first-order valence-corrected chi connectivity index (χ1v) is 9.98. The summed E-state index contributed by atoms with van der Waals surface area (Å²) in [6.45, 7) is 2.77. The normalized spacial score (nSPS) is 15.8. The molecule has 0 saturated carbocycles. The van der Waals surface area contributed by atoms with Crippen molar-refractivity contribution in [2.45, 2.75) is 25.8 Å². The molecule has 3 aromatic rings. The molecule has 1 aliphatic heterocycles. The van der Waals surface area contributed by atoms with Gasteiger partial charge in [0.15, 0.2) is 5.82 Å². The van der Waals surface area contributed by atoms with E-state index >= 15 is 0 Å². The Kier molecular flexibility index (Phi) is 5.22. The third-order valence-corrected chi connectivity index (χ3v) is 5.29. The third kappa shape index (κ3) is 3.74. The lowest BCUT2D eigenvalue weighted by atomic mass is 10.0. The van der Waals surface area contributed by atoms with Crippen LogP contribution in [0.25, 0.3) is 5.70 Å². The van der Waals surface area contributed by atoms with Crippen molar-refractivity contribution in [3.05, 3.63) is 64.1 Å². The number of benzene rings is 1. The molecule has 0 fully saturated rings. The van der Waals surface area contributed by atoms with Gasteiger partial charge in [-0.1, -0.05) is 18.2 Å². The van der Waals surface area contributed by atoms with Crippen molar-refractivity contribution < 1.29 is 9.84 Å². The standard InChI is InChI=1S/C20H22N4O2S/c1-2-26-15-9-7-14(8-10-15)17-13-16(18-5-4-12-27-18)21-20-22-19(6-3-11-25)23-24(17)20/h4-5,7-10,12-13,17,25H,2-3,6,11H2,1H3,(H,21,22,23). The molecule has 1 unspecified atom stereocenters. The smallest absolute Gasteiger partial charge is 0.226 e. The molecular weight excluding hydrogens is 360 g/mol. The number of allylic oxidation sites excluding steroid dienone is 1. The molecule has 6 nitrogen and oxygen atoms in total. The molecule has 4 rings (SSSR count). The molecule has 7 heteroatoms. The molecule has 27 heavy (non-hydrogen) atoms. The van der Waals surface area contributed by atoms with E-state index in [0.29, 0.717) is 19.4 Å². The number of rotatable bonds is 7. The Morgan fingerprint density at radius 2 is 2.11 bits per heavy atom. The average molecular weight is 382 g/mol. The summed E-state index contributed by atoms with van der Waals surface area (Å²) in [5.74, 6) is 2.33. The minimum absolute atomic E-state index is 0.0515. The quantitative estimate of drug-likeness (QED) is 0.652. The topological polar surface area (TPSA) is 72.2 Å². The number of hydrogen-bond acceptors (Lipinski definition) is 6. The van der Waals surface area contributed by atoms with Crippen molar-refractivity contribution in [1.82, 2.24) is 14.8 Å². The summed E-state index contributed by atoms with van der Waals surface area (Å²) < 4.78 is 7.48. The van der Waals surface area contributed by atoms with Crippen molar-refractivity contribution >= 4 is 23.0 Å². The van der Waals surface area contributed by atoms with Crippen molar-refractivity contribution in [2.24, 2.45) is 0 Å². The predicted molar refractivity (Wildman–Crippen MR) is 107 cm³/mol. The SMILES string of the molecule is CCOc1ccc(C2C=C(c3cccs3)Nc3nc(CCCO)nn32)cc1. The Labute approximate surface area is 162 Å². The Hall–Kier alpha value is -2.64. The van der Waals surface area contributed by atoms with Gasteiger partial charge in [-0.15, -0.1) is 11.3 Å². The van der Waals surface area contributed by atoms with E-state index in [4.69, 9.17) is 9.84 Å². The molecule has 0 spiro atoms. The summed E-state index contributed by atoms with van der Waals surface area (Å²) in [6.07, 6.45) is 3.49. The molecule has 3 heterocycles. The summed E-state index contributed by atoms with van der Waals surface area (Å²) in [4.78, 5) is 5.80. The number of aliphatic hydroxyl groups is 1. The summed E-state index contributed by atoms with van der Waals surface area (Å²) in [5, 5.41) is 19.2. The maximum absolute atomic E-state index is 9.10. The highest BCUT2D eigenvalue weighted by Crippen LogP contribution is 2.34. The van der Waals surface area contributed by atoms with E-state index in [1.807, 2.05) is 29.8 Å². The number of nitrogens with one attached hydrogen (secondary N) is 1. The van der Waals surface area contributed by atoms with Gasteiger partial charge in [0.2, 0.25) is 5.95 Å². The van der Waals surface area contributed by atoms with Crippen LogP contribution in [0.2, 0.25) is 0 Å². The van der Waals surface area contributed by atoms with Crippen LogP contribution in [0.4, 0.5) is 5.95 Å². The predicted octanol–water partition coefficient (Wildman–Crippen LogP) is 3.72. The van der Waals surface area contributed by atoms with Crippen molar-refractivity contribution in [3.8, 4) is 5.75 Å². The molecule has 140 valence electrons. The Balaban J connectivity index is 1.71. The zero-order valence-electron chi connectivity index (χ0n) is 15.1. The highest BCUT2D eigenvalue weighted by atomic mass is 32.1.